The number of halogens is 2. The van der Waals surface area contributed by atoms with Crippen LogP contribution in [0.25, 0.3) is 0 Å². The Morgan fingerprint density at radius 1 is 1.33 bits per heavy atom. The number of carbonyl (C=O) groups is 1. The van der Waals surface area contributed by atoms with E-state index < -0.39 is 0 Å². The Hall–Kier alpha value is -0.970. The molecule has 4 nitrogen and oxygen atoms in total. The zero-order chi connectivity index (χ0) is 14.4. The van der Waals surface area contributed by atoms with Crippen LogP contribution < -0.4 is 10.1 Å². The molecule has 6 heteroatoms. The molecule has 0 aliphatic carbocycles. The quantitative estimate of drug-likeness (QED) is 0.901. The number of benzene rings is 1. The molecular formula is C15H22Cl2N2O2. The van der Waals surface area contributed by atoms with Crippen LogP contribution in [0.4, 0.5) is 0 Å². The number of nitrogens with zero attached hydrogens (tertiary/aromatic N) is 1. The van der Waals surface area contributed by atoms with Crippen LogP contribution in [0.15, 0.2) is 24.3 Å². The molecule has 1 aliphatic heterocycles. The van der Waals surface area contributed by atoms with Crippen molar-refractivity contribution in [2.24, 2.45) is 5.92 Å². The maximum Gasteiger partial charge on any atom is 0.225 e. The van der Waals surface area contributed by atoms with Gasteiger partial charge in [0.25, 0.3) is 0 Å². The first-order valence-corrected chi connectivity index (χ1v) is 7.38. The van der Waals surface area contributed by atoms with Crippen molar-refractivity contribution >= 4 is 29.9 Å². The molecule has 0 atom stereocenters. The molecule has 0 spiro atoms. The van der Waals surface area contributed by atoms with Gasteiger partial charge in [0.05, 0.1) is 6.54 Å². The minimum atomic E-state index is 0. The Labute approximate surface area is 137 Å². The van der Waals surface area contributed by atoms with Gasteiger partial charge in [-0.1, -0.05) is 11.6 Å². The van der Waals surface area contributed by atoms with Crippen molar-refractivity contribution in [3.8, 4) is 5.75 Å². The number of rotatable bonds is 5. The third-order valence-electron chi connectivity index (χ3n) is 3.57. The van der Waals surface area contributed by atoms with E-state index in [1.165, 1.54) is 0 Å². The molecular weight excluding hydrogens is 311 g/mol. The van der Waals surface area contributed by atoms with Crippen LogP contribution in [0.5, 0.6) is 5.75 Å². The van der Waals surface area contributed by atoms with E-state index in [1.807, 2.05) is 19.2 Å². The lowest BCUT2D eigenvalue weighted by Crippen LogP contribution is -2.40. The van der Waals surface area contributed by atoms with Gasteiger partial charge in [0.2, 0.25) is 5.91 Å². The molecule has 1 aromatic carbocycles. The third kappa shape index (κ3) is 5.73. The van der Waals surface area contributed by atoms with Crippen molar-refractivity contribution in [1.82, 2.24) is 10.2 Å². The molecule has 1 N–H and O–H groups in total. The van der Waals surface area contributed by atoms with E-state index >= 15 is 0 Å². The molecule has 1 aromatic rings. The number of hydrogen-bond acceptors (Lipinski definition) is 3. The number of carbonyl (C=O) groups excluding carboxylic acids is 1. The summed E-state index contributed by atoms with van der Waals surface area (Å²) in [5.41, 5.74) is 0. The lowest BCUT2D eigenvalue weighted by Gasteiger charge is -2.26. The molecule has 1 fully saturated rings. The van der Waals surface area contributed by atoms with Crippen molar-refractivity contribution in [1.29, 1.82) is 0 Å². The highest BCUT2D eigenvalue weighted by Gasteiger charge is 2.23. The first-order chi connectivity index (χ1) is 9.66. The summed E-state index contributed by atoms with van der Waals surface area (Å²) in [4.78, 5) is 14.0. The van der Waals surface area contributed by atoms with E-state index in [9.17, 15) is 4.79 Å². The number of hydrogen-bond donors (Lipinski definition) is 1. The number of ether oxygens (including phenoxy) is 1. The van der Waals surface area contributed by atoms with E-state index in [0.717, 1.165) is 31.7 Å². The number of likely N-dealkylation sites (N-methyl/N-ethyl adjacent to an activating group) is 1. The number of piperidine rings is 1. The van der Waals surface area contributed by atoms with Crippen LogP contribution in [0.3, 0.4) is 0 Å². The van der Waals surface area contributed by atoms with E-state index in [1.54, 1.807) is 17.0 Å². The van der Waals surface area contributed by atoms with Gasteiger partial charge in [-0.25, -0.2) is 0 Å². The van der Waals surface area contributed by atoms with Crippen LogP contribution in [0, 0.1) is 5.92 Å². The zero-order valence-electron chi connectivity index (χ0n) is 12.2. The van der Waals surface area contributed by atoms with E-state index in [2.05, 4.69) is 5.32 Å². The topological polar surface area (TPSA) is 41.6 Å². The molecule has 1 heterocycles. The molecule has 0 unspecified atom stereocenters. The van der Waals surface area contributed by atoms with Gasteiger partial charge in [0.15, 0.2) is 0 Å². The van der Waals surface area contributed by atoms with E-state index in [0.29, 0.717) is 18.2 Å². The largest absolute Gasteiger partial charge is 0.492 e. The summed E-state index contributed by atoms with van der Waals surface area (Å²) in [5, 5.41) is 3.96. The van der Waals surface area contributed by atoms with Crippen LogP contribution >= 0.6 is 24.0 Å². The summed E-state index contributed by atoms with van der Waals surface area (Å²) in [6, 6.07) is 7.25. The van der Waals surface area contributed by atoms with Gasteiger partial charge >= 0.3 is 0 Å². The second-order valence-corrected chi connectivity index (χ2v) is 5.52. The SMILES string of the molecule is CN(CCOc1ccc(Cl)cc1)C(=O)C1CCNCC1.Cl. The van der Waals surface area contributed by atoms with Gasteiger partial charge in [-0.2, -0.15) is 0 Å². The molecule has 118 valence electrons. The standard InChI is InChI=1S/C15H21ClN2O2.ClH/c1-18(15(19)12-6-8-17-9-7-12)10-11-20-14-4-2-13(16)3-5-14;/h2-5,12,17H,6-11H2,1H3;1H. The Balaban J connectivity index is 0.00000220. The van der Waals surface area contributed by atoms with Gasteiger partial charge in [-0.3, -0.25) is 4.79 Å². The van der Waals surface area contributed by atoms with Crippen molar-refractivity contribution in [2.75, 3.05) is 33.3 Å². The summed E-state index contributed by atoms with van der Waals surface area (Å²) < 4.78 is 5.60. The summed E-state index contributed by atoms with van der Waals surface area (Å²) in [6.07, 6.45) is 1.86. The van der Waals surface area contributed by atoms with Gasteiger partial charge in [-0.05, 0) is 50.2 Å². The molecule has 21 heavy (non-hydrogen) atoms. The van der Waals surface area contributed by atoms with Crippen molar-refractivity contribution in [3.63, 3.8) is 0 Å². The first-order valence-electron chi connectivity index (χ1n) is 7.01. The van der Waals surface area contributed by atoms with Crippen LogP contribution in [-0.2, 0) is 4.79 Å². The molecule has 1 amide bonds. The summed E-state index contributed by atoms with van der Waals surface area (Å²) >= 11 is 5.81. The maximum atomic E-state index is 12.2. The van der Waals surface area contributed by atoms with Gasteiger partial charge in [0.1, 0.15) is 12.4 Å². The van der Waals surface area contributed by atoms with Crippen LogP contribution in [0.1, 0.15) is 12.8 Å². The van der Waals surface area contributed by atoms with E-state index in [4.69, 9.17) is 16.3 Å². The van der Waals surface area contributed by atoms with Gasteiger partial charge in [0, 0.05) is 18.0 Å². The molecule has 2 rings (SSSR count). The van der Waals surface area contributed by atoms with Crippen LogP contribution in [-0.4, -0.2) is 44.1 Å². The predicted octanol–water partition coefficient (Wildman–Crippen LogP) is 2.60. The van der Waals surface area contributed by atoms with Crippen molar-refractivity contribution in [3.05, 3.63) is 29.3 Å². The predicted molar refractivity (Wildman–Crippen MR) is 87.4 cm³/mol. The minimum absolute atomic E-state index is 0. The highest BCUT2D eigenvalue weighted by Crippen LogP contribution is 2.16. The smallest absolute Gasteiger partial charge is 0.225 e. The van der Waals surface area contributed by atoms with E-state index in [-0.39, 0.29) is 24.2 Å². The number of nitrogens with one attached hydrogen (secondary N) is 1. The van der Waals surface area contributed by atoms with Crippen LogP contribution in [0.2, 0.25) is 5.02 Å². The summed E-state index contributed by atoms with van der Waals surface area (Å²) in [5.74, 6) is 1.17. The fourth-order valence-electron chi connectivity index (χ4n) is 2.32. The van der Waals surface area contributed by atoms with Gasteiger partial charge in [-0.15, -0.1) is 12.4 Å². The molecule has 0 saturated carbocycles. The first kappa shape index (κ1) is 18.1. The lowest BCUT2D eigenvalue weighted by atomic mass is 9.97. The molecule has 0 aromatic heterocycles. The maximum absolute atomic E-state index is 12.2. The second-order valence-electron chi connectivity index (χ2n) is 5.09. The third-order valence-corrected chi connectivity index (χ3v) is 3.83. The fraction of sp³-hybridized carbons (Fsp3) is 0.533. The Morgan fingerprint density at radius 3 is 2.57 bits per heavy atom. The van der Waals surface area contributed by atoms with Crippen molar-refractivity contribution in [2.45, 2.75) is 12.8 Å². The fourth-order valence-corrected chi connectivity index (χ4v) is 2.45. The van der Waals surface area contributed by atoms with Crippen molar-refractivity contribution < 1.29 is 9.53 Å². The Bertz CT molecular complexity index is 434. The molecule has 1 aliphatic rings. The summed E-state index contributed by atoms with van der Waals surface area (Å²) in [6.45, 7) is 2.97. The number of amides is 1. The summed E-state index contributed by atoms with van der Waals surface area (Å²) in [7, 11) is 1.84. The van der Waals surface area contributed by atoms with Gasteiger partial charge < -0.3 is 15.0 Å². The Kier molecular flexibility index (Phi) is 7.86. The highest BCUT2D eigenvalue weighted by molar-refractivity contribution is 6.30. The normalized spacial score (nSPS) is 15.1. The molecule has 1 saturated heterocycles. The minimum Gasteiger partial charge on any atom is -0.492 e. The highest BCUT2D eigenvalue weighted by atomic mass is 35.5. The molecule has 0 radical (unpaired) electrons. The average Bonchev–Trinajstić information content (AvgIpc) is 2.49. The Morgan fingerprint density at radius 2 is 1.95 bits per heavy atom. The zero-order valence-corrected chi connectivity index (χ0v) is 13.8. The monoisotopic (exact) mass is 332 g/mol. The molecule has 0 bridgehead atoms. The average molecular weight is 333 g/mol. The lowest BCUT2D eigenvalue weighted by molar-refractivity contribution is -0.135. The second kappa shape index (κ2) is 9.13.